The van der Waals surface area contributed by atoms with Crippen molar-refractivity contribution in [3.8, 4) is 0 Å². The van der Waals surface area contributed by atoms with Crippen LogP contribution < -0.4 is 0 Å². The lowest BCUT2D eigenvalue weighted by atomic mass is 9.92. The SMILES string of the molecule is CC=CC(C)c1cccc(CC)c1C. The summed E-state index contributed by atoms with van der Waals surface area (Å²) in [5.41, 5.74) is 4.39. The lowest BCUT2D eigenvalue weighted by molar-refractivity contribution is 0.936. The van der Waals surface area contributed by atoms with Gasteiger partial charge in [0, 0.05) is 0 Å². The smallest absolute Gasteiger partial charge is 0.000782 e. The summed E-state index contributed by atoms with van der Waals surface area (Å²) >= 11 is 0. The number of rotatable bonds is 3. The van der Waals surface area contributed by atoms with Gasteiger partial charge >= 0.3 is 0 Å². The first-order valence-corrected chi connectivity index (χ1v) is 5.41. The highest BCUT2D eigenvalue weighted by atomic mass is 14.1. The molecule has 0 aliphatic carbocycles. The molecule has 0 aromatic heterocycles. The van der Waals surface area contributed by atoms with E-state index in [-0.39, 0.29) is 0 Å². The molecule has 0 heteroatoms. The highest BCUT2D eigenvalue weighted by molar-refractivity contribution is 5.37. The molecule has 0 aliphatic heterocycles. The second kappa shape index (κ2) is 4.99. The molecule has 1 aromatic carbocycles. The zero-order valence-electron chi connectivity index (χ0n) is 9.67. The van der Waals surface area contributed by atoms with Crippen LogP contribution in [-0.2, 0) is 6.42 Å². The minimum Gasteiger partial charge on any atom is -0.0911 e. The molecule has 14 heavy (non-hydrogen) atoms. The molecule has 0 aliphatic rings. The Balaban J connectivity index is 3.08. The van der Waals surface area contributed by atoms with Gasteiger partial charge in [0.2, 0.25) is 0 Å². The van der Waals surface area contributed by atoms with Gasteiger partial charge in [0.15, 0.2) is 0 Å². The summed E-state index contributed by atoms with van der Waals surface area (Å²) in [6, 6.07) is 6.63. The molecule has 0 amide bonds. The van der Waals surface area contributed by atoms with Crippen molar-refractivity contribution in [2.24, 2.45) is 0 Å². The summed E-state index contributed by atoms with van der Waals surface area (Å²) in [6.45, 7) is 8.78. The van der Waals surface area contributed by atoms with Crippen molar-refractivity contribution in [1.29, 1.82) is 0 Å². The van der Waals surface area contributed by atoms with Gasteiger partial charge in [0.1, 0.15) is 0 Å². The van der Waals surface area contributed by atoms with Crippen LogP contribution in [-0.4, -0.2) is 0 Å². The topological polar surface area (TPSA) is 0 Å². The van der Waals surface area contributed by atoms with E-state index < -0.39 is 0 Å². The second-order valence-electron chi connectivity index (χ2n) is 3.80. The number of allylic oxidation sites excluding steroid dienone is 2. The molecule has 0 spiro atoms. The predicted octanol–water partition coefficient (Wildman–Crippen LogP) is 4.24. The lowest BCUT2D eigenvalue weighted by Crippen LogP contribution is -1.97. The van der Waals surface area contributed by atoms with Gasteiger partial charge in [-0.2, -0.15) is 0 Å². The summed E-state index contributed by atoms with van der Waals surface area (Å²) in [7, 11) is 0. The van der Waals surface area contributed by atoms with Gasteiger partial charge in [-0.15, -0.1) is 0 Å². The monoisotopic (exact) mass is 188 g/mol. The first-order valence-electron chi connectivity index (χ1n) is 5.41. The Labute approximate surface area is 87.7 Å². The molecule has 0 bridgehead atoms. The Morgan fingerprint density at radius 3 is 2.64 bits per heavy atom. The van der Waals surface area contributed by atoms with E-state index in [0.29, 0.717) is 5.92 Å². The zero-order chi connectivity index (χ0) is 10.6. The van der Waals surface area contributed by atoms with E-state index in [4.69, 9.17) is 0 Å². The maximum absolute atomic E-state index is 2.25. The normalized spacial score (nSPS) is 13.4. The lowest BCUT2D eigenvalue weighted by Gasteiger charge is -2.13. The fourth-order valence-corrected chi connectivity index (χ4v) is 1.97. The van der Waals surface area contributed by atoms with Crippen LogP contribution in [0.15, 0.2) is 30.4 Å². The Kier molecular flexibility index (Phi) is 3.94. The van der Waals surface area contributed by atoms with Crippen LogP contribution in [0.25, 0.3) is 0 Å². The molecule has 0 nitrogen and oxygen atoms in total. The summed E-state index contributed by atoms with van der Waals surface area (Å²) in [6.07, 6.45) is 5.51. The van der Waals surface area contributed by atoms with Crippen molar-refractivity contribution < 1.29 is 0 Å². The number of hydrogen-bond donors (Lipinski definition) is 0. The van der Waals surface area contributed by atoms with Crippen LogP contribution in [0.5, 0.6) is 0 Å². The molecule has 1 unspecified atom stereocenters. The number of hydrogen-bond acceptors (Lipinski definition) is 0. The molecule has 1 rings (SSSR count). The Hall–Kier alpha value is -1.04. The van der Waals surface area contributed by atoms with E-state index in [9.17, 15) is 0 Å². The number of benzene rings is 1. The minimum atomic E-state index is 0.534. The highest BCUT2D eigenvalue weighted by Crippen LogP contribution is 2.23. The van der Waals surface area contributed by atoms with Crippen molar-refractivity contribution in [1.82, 2.24) is 0 Å². The van der Waals surface area contributed by atoms with Gasteiger partial charge < -0.3 is 0 Å². The van der Waals surface area contributed by atoms with E-state index in [0.717, 1.165) is 6.42 Å². The van der Waals surface area contributed by atoms with E-state index >= 15 is 0 Å². The van der Waals surface area contributed by atoms with Crippen LogP contribution in [0, 0.1) is 6.92 Å². The third kappa shape index (κ3) is 2.25. The van der Waals surface area contributed by atoms with Crippen molar-refractivity contribution in [2.45, 2.75) is 40.0 Å². The van der Waals surface area contributed by atoms with Crippen molar-refractivity contribution in [3.63, 3.8) is 0 Å². The molecule has 0 saturated heterocycles. The van der Waals surface area contributed by atoms with E-state index in [1.165, 1.54) is 16.7 Å². The molecule has 1 atom stereocenters. The Bertz CT molecular complexity index is 321. The first kappa shape index (κ1) is 11.0. The molecule has 0 fully saturated rings. The van der Waals surface area contributed by atoms with Gasteiger partial charge in [-0.3, -0.25) is 0 Å². The van der Waals surface area contributed by atoms with Crippen LogP contribution in [0.2, 0.25) is 0 Å². The van der Waals surface area contributed by atoms with Crippen LogP contribution in [0.1, 0.15) is 43.4 Å². The van der Waals surface area contributed by atoms with E-state index in [1.807, 2.05) is 0 Å². The third-order valence-corrected chi connectivity index (χ3v) is 2.84. The first-order chi connectivity index (χ1) is 6.70. The molecule has 0 N–H and O–H groups in total. The zero-order valence-corrected chi connectivity index (χ0v) is 9.67. The van der Waals surface area contributed by atoms with E-state index in [2.05, 4.69) is 58.0 Å². The van der Waals surface area contributed by atoms with Gasteiger partial charge in [-0.25, -0.2) is 0 Å². The van der Waals surface area contributed by atoms with Crippen molar-refractivity contribution >= 4 is 0 Å². The number of aryl methyl sites for hydroxylation is 1. The van der Waals surface area contributed by atoms with Crippen molar-refractivity contribution in [3.05, 3.63) is 47.0 Å². The molecule has 76 valence electrons. The summed E-state index contributed by atoms with van der Waals surface area (Å²) in [4.78, 5) is 0. The third-order valence-electron chi connectivity index (χ3n) is 2.84. The fourth-order valence-electron chi connectivity index (χ4n) is 1.97. The van der Waals surface area contributed by atoms with Gasteiger partial charge in [-0.05, 0) is 42.9 Å². The minimum absolute atomic E-state index is 0.534. The highest BCUT2D eigenvalue weighted by Gasteiger charge is 2.06. The van der Waals surface area contributed by atoms with Crippen LogP contribution >= 0.6 is 0 Å². The fraction of sp³-hybridized carbons (Fsp3) is 0.429. The van der Waals surface area contributed by atoms with E-state index in [1.54, 1.807) is 0 Å². The Morgan fingerprint density at radius 2 is 2.07 bits per heavy atom. The molecule has 0 heterocycles. The average Bonchev–Trinajstić information content (AvgIpc) is 2.18. The predicted molar refractivity (Wildman–Crippen MR) is 63.8 cm³/mol. The molecule has 1 aromatic rings. The molecular weight excluding hydrogens is 168 g/mol. The van der Waals surface area contributed by atoms with Crippen molar-refractivity contribution in [2.75, 3.05) is 0 Å². The standard InChI is InChI=1S/C14H20/c1-5-8-11(3)14-10-7-9-13(6-2)12(14)4/h5,7-11H,6H2,1-4H3. The summed E-state index contributed by atoms with van der Waals surface area (Å²) in [5.74, 6) is 0.534. The quantitative estimate of drug-likeness (QED) is 0.622. The van der Waals surface area contributed by atoms with Gasteiger partial charge in [0.25, 0.3) is 0 Å². The van der Waals surface area contributed by atoms with Crippen LogP contribution in [0.3, 0.4) is 0 Å². The maximum atomic E-state index is 2.25. The molecule has 0 saturated carbocycles. The van der Waals surface area contributed by atoms with Gasteiger partial charge in [0.05, 0.1) is 0 Å². The molecule has 0 radical (unpaired) electrons. The van der Waals surface area contributed by atoms with Crippen LogP contribution in [0.4, 0.5) is 0 Å². The average molecular weight is 188 g/mol. The largest absolute Gasteiger partial charge is 0.0911 e. The van der Waals surface area contributed by atoms with Gasteiger partial charge in [-0.1, -0.05) is 44.2 Å². The Morgan fingerprint density at radius 1 is 1.36 bits per heavy atom. The molecular formula is C14H20. The maximum Gasteiger partial charge on any atom is -0.000782 e. The summed E-state index contributed by atoms with van der Waals surface area (Å²) in [5, 5.41) is 0. The second-order valence-corrected chi connectivity index (χ2v) is 3.80. The summed E-state index contributed by atoms with van der Waals surface area (Å²) < 4.78 is 0.